The Morgan fingerprint density at radius 2 is 1.96 bits per heavy atom. The third-order valence-corrected chi connectivity index (χ3v) is 5.72. The van der Waals surface area contributed by atoms with Gasteiger partial charge in [0, 0.05) is 22.8 Å². The number of thioether (sulfide) groups is 1. The first kappa shape index (κ1) is 18.7. The summed E-state index contributed by atoms with van der Waals surface area (Å²) in [5.41, 5.74) is 1.08. The molecule has 0 bridgehead atoms. The lowest BCUT2D eigenvalue weighted by Crippen LogP contribution is -2.17. The van der Waals surface area contributed by atoms with Gasteiger partial charge >= 0.3 is 0 Å². The largest absolute Gasteiger partial charge is 0.486 e. The molecule has 0 unspecified atom stereocenters. The van der Waals surface area contributed by atoms with Gasteiger partial charge in [-0.2, -0.15) is 0 Å². The maximum absolute atomic E-state index is 12.4. The summed E-state index contributed by atoms with van der Waals surface area (Å²) in [7, 11) is 0. The molecular formula is C16H11BrCl2N4O3S. The predicted octanol–water partition coefficient (Wildman–Crippen LogP) is 4.30. The number of pyridine rings is 1. The number of carbonyl (C=O) groups excluding carboxylic acids is 1. The van der Waals surface area contributed by atoms with Gasteiger partial charge in [0.2, 0.25) is 5.91 Å². The van der Waals surface area contributed by atoms with Crippen LogP contribution in [0.5, 0.6) is 11.5 Å². The zero-order valence-corrected chi connectivity index (χ0v) is 17.5. The average molecular weight is 490 g/mol. The van der Waals surface area contributed by atoms with Crippen LogP contribution in [-0.4, -0.2) is 39.5 Å². The Morgan fingerprint density at radius 1 is 1.22 bits per heavy atom. The first-order chi connectivity index (χ1) is 13.0. The van der Waals surface area contributed by atoms with Crippen LogP contribution >= 0.6 is 50.9 Å². The third kappa shape index (κ3) is 3.96. The number of hydrogen-bond donors (Lipinski definition) is 1. The summed E-state index contributed by atoms with van der Waals surface area (Å²) >= 11 is 16.8. The smallest absolute Gasteiger partial charge is 0.234 e. The lowest BCUT2D eigenvalue weighted by molar-refractivity contribution is -0.113. The molecule has 140 valence electrons. The summed E-state index contributed by atoms with van der Waals surface area (Å²) in [6.07, 6.45) is 1.65. The van der Waals surface area contributed by atoms with Gasteiger partial charge in [-0.1, -0.05) is 35.0 Å². The van der Waals surface area contributed by atoms with Gasteiger partial charge in [0.05, 0.1) is 21.5 Å². The lowest BCUT2D eigenvalue weighted by atomic mass is 10.2. The van der Waals surface area contributed by atoms with Crippen LogP contribution in [0.3, 0.4) is 0 Å². The Morgan fingerprint density at radius 3 is 2.74 bits per heavy atom. The number of carbonyl (C=O) groups is 1. The molecule has 2 aromatic heterocycles. The van der Waals surface area contributed by atoms with Crippen LogP contribution in [0, 0.1) is 0 Å². The summed E-state index contributed by atoms with van der Waals surface area (Å²) in [6.45, 7) is 0.977. The highest BCUT2D eigenvalue weighted by atomic mass is 79.9. The molecule has 1 aromatic carbocycles. The van der Waals surface area contributed by atoms with E-state index in [0.29, 0.717) is 55.7 Å². The third-order valence-electron chi connectivity index (χ3n) is 3.63. The van der Waals surface area contributed by atoms with E-state index >= 15 is 0 Å². The highest BCUT2D eigenvalue weighted by Gasteiger charge is 2.17. The van der Waals surface area contributed by atoms with Crippen LogP contribution in [0.1, 0.15) is 0 Å². The SMILES string of the molecule is O=C(CSc1nnc2c(Cl)cc(Cl)cn12)Nc1cc2c(cc1Br)OCCO2. The van der Waals surface area contributed by atoms with Gasteiger partial charge in [0.15, 0.2) is 22.3 Å². The molecule has 1 aliphatic rings. The van der Waals surface area contributed by atoms with Crippen LogP contribution in [0.2, 0.25) is 10.0 Å². The van der Waals surface area contributed by atoms with Crippen molar-refractivity contribution in [1.29, 1.82) is 0 Å². The van der Waals surface area contributed by atoms with Crippen LogP contribution in [-0.2, 0) is 4.79 Å². The van der Waals surface area contributed by atoms with Gasteiger partial charge < -0.3 is 14.8 Å². The van der Waals surface area contributed by atoms with E-state index in [9.17, 15) is 4.79 Å². The predicted molar refractivity (Wildman–Crippen MR) is 107 cm³/mol. The number of ether oxygens (including phenoxy) is 2. The molecule has 11 heteroatoms. The second-order valence-electron chi connectivity index (χ2n) is 5.50. The summed E-state index contributed by atoms with van der Waals surface area (Å²) < 4.78 is 13.4. The quantitative estimate of drug-likeness (QED) is 0.550. The molecule has 1 aliphatic heterocycles. The van der Waals surface area contributed by atoms with Gasteiger partial charge in [0.25, 0.3) is 0 Å². The maximum atomic E-state index is 12.4. The zero-order chi connectivity index (χ0) is 19.0. The molecule has 0 radical (unpaired) electrons. The van der Waals surface area contributed by atoms with Crippen molar-refractivity contribution < 1.29 is 14.3 Å². The molecule has 0 fully saturated rings. The molecule has 4 rings (SSSR count). The van der Waals surface area contributed by atoms with E-state index in [0.717, 1.165) is 0 Å². The normalized spacial score (nSPS) is 13.0. The average Bonchev–Trinajstić information content (AvgIpc) is 3.04. The molecule has 0 atom stereocenters. The number of nitrogens with zero attached hydrogens (tertiary/aromatic N) is 3. The second-order valence-corrected chi connectivity index (χ2v) is 8.14. The molecule has 0 saturated heterocycles. The molecule has 0 aliphatic carbocycles. The summed E-state index contributed by atoms with van der Waals surface area (Å²) in [5, 5.41) is 12.3. The fraction of sp³-hybridized carbons (Fsp3) is 0.188. The number of nitrogens with one attached hydrogen (secondary N) is 1. The van der Waals surface area contributed by atoms with Gasteiger partial charge in [0.1, 0.15) is 13.2 Å². The number of benzene rings is 1. The van der Waals surface area contributed by atoms with Crippen molar-refractivity contribution in [3.8, 4) is 11.5 Å². The van der Waals surface area contributed by atoms with E-state index in [4.69, 9.17) is 32.7 Å². The van der Waals surface area contributed by atoms with Crippen LogP contribution in [0.15, 0.2) is 34.0 Å². The number of amides is 1. The Labute approximate surface area is 176 Å². The number of fused-ring (bicyclic) bond motifs is 2. The van der Waals surface area contributed by atoms with Gasteiger partial charge in [-0.25, -0.2) is 0 Å². The molecule has 0 spiro atoms. The molecule has 3 heterocycles. The van der Waals surface area contributed by atoms with Crippen molar-refractivity contribution >= 4 is 68.1 Å². The second kappa shape index (κ2) is 7.75. The minimum atomic E-state index is -0.206. The van der Waals surface area contributed by atoms with Crippen molar-refractivity contribution in [2.24, 2.45) is 0 Å². The molecule has 3 aromatic rings. The van der Waals surface area contributed by atoms with E-state index in [1.54, 1.807) is 28.8 Å². The Balaban J connectivity index is 1.46. The first-order valence-electron chi connectivity index (χ1n) is 7.73. The molecule has 1 N–H and O–H groups in total. The molecule has 1 amide bonds. The topological polar surface area (TPSA) is 77.8 Å². The van der Waals surface area contributed by atoms with Crippen molar-refractivity contribution in [1.82, 2.24) is 14.6 Å². The zero-order valence-electron chi connectivity index (χ0n) is 13.5. The summed E-state index contributed by atoms with van der Waals surface area (Å²) in [4.78, 5) is 12.4. The van der Waals surface area contributed by atoms with Gasteiger partial charge in [-0.05, 0) is 22.0 Å². The van der Waals surface area contributed by atoms with E-state index in [2.05, 4.69) is 31.4 Å². The van der Waals surface area contributed by atoms with E-state index in [1.165, 1.54) is 11.8 Å². The fourth-order valence-corrected chi connectivity index (χ4v) is 4.12. The highest BCUT2D eigenvalue weighted by molar-refractivity contribution is 9.10. The molecular weight excluding hydrogens is 479 g/mol. The number of halogens is 3. The van der Waals surface area contributed by atoms with Crippen LogP contribution < -0.4 is 14.8 Å². The Kier molecular flexibility index (Phi) is 5.36. The summed E-state index contributed by atoms with van der Waals surface area (Å²) in [5.74, 6) is 1.16. The van der Waals surface area contributed by atoms with Crippen molar-refractivity contribution in [2.45, 2.75) is 5.16 Å². The fourth-order valence-electron chi connectivity index (χ4n) is 2.48. The molecule has 7 nitrogen and oxygen atoms in total. The molecule has 27 heavy (non-hydrogen) atoms. The minimum Gasteiger partial charge on any atom is -0.486 e. The minimum absolute atomic E-state index is 0.131. The van der Waals surface area contributed by atoms with Gasteiger partial charge in [-0.3, -0.25) is 9.20 Å². The Hall–Kier alpha value is -1.68. The number of rotatable bonds is 4. The van der Waals surface area contributed by atoms with Crippen LogP contribution in [0.25, 0.3) is 5.65 Å². The standard InChI is InChI=1S/C16H11BrCl2N4O3S/c17-9-4-12-13(26-2-1-25-12)5-11(9)20-14(24)7-27-16-22-21-15-10(19)3-8(18)6-23(15)16/h3-6H,1-2,7H2,(H,20,24). The monoisotopic (exact) mass is 488 g/mol. The number of aromatic nitrogens is 3. The van der Waals surface area contributed by atoms with E-state index in [1.807, 2.05) is 0 Å². The highest BCUT2D eigenvalue weighted by Crippen LogP contribution is 2.38. The van der Waals surface area contributed by atoms with Crippen molar-refractivity contribution in [3.05, 3.63) is 38.9 Å². The number of hydrogen-bond acceptors (Lipinski definition) is 6. The van der Waals surface area contributed by atoms with Crippen molar-refractivity contribution in [3.63, 3.8) is 0 Å². The van der Waals surface area contributed by atoms with E-state index < -0.39 is 0 Å². The van der Waals surface area contributed by atoms with E-state index in [-0.39, 0.29) is 11.7 Å². The lowest BCUT2D eigenvalue weighted by Gasteiger charge is -2.20. The van der Waals surface area contributed by atoms with Crippen LogP contribution in [0.4, 0.5) is 5.69 Å². The molecule has 0 saturated carbocycles. The maximum Gasteiger partial charge on any atom is 0.234 e. The Bertz CT molecular complexity index is 1050. The summed E-state index contributed by atoms with van der Waals surface area (Å²) in [6, 6.07) is 5.09. The van der Waals surface area contributed by atoms with Crippen molar-refractivity contribution in [2.75, 3.05) is 24.3 Å². The van der Waals surface area contributed by atoms with Gasteiger partial charge in [-0.15, -0.1) is 10.2 Å². The first-order valence-corrected chi connectivity index (χ1v) is 10.3. The number of anilines is 1.